The summed E-state index contributed by atoms with van der Waals surface area (Å²) < 4.78 is 1.64. The second kappa shape index (κ2) is 4.37. The van der Waals surface area contributed by atoms with Crippen LogP contribution < -0.4 is 5.32 Å². The van der Waals surface area contributed by atoms with Crippen molar-refractivity contribution in [3.8, 4) is 0 Å². The van der Waals surface area contributed by atoms with Crippen LogP contribution in [0.25, 0.3) is 0 Å². The van der Waals surface area contributed by atoms with Crippen LogP contribution in [0.15, 0.2) is 0 Å². The smallest absolute Gasteiger partial charge is 0.242 e. The fourth-order valence-electron chi connectivity index (χ4n) is 1.78. The zero-order valence-corrected chi connectivity index (χ0v) is 10.4. The van der Waals surface area contributed by atoms with Gasteiger partial charge in [-0.1, -0.05) is 11.6 Å². The Bertz CT molecular complexity index is 483. The Kier molecular flexibility index (Phi) is 3.06. The van der Waals surface area contributed by atoms with Crippen molar-refractivity contribution >= 4 is 23.4 Å². The largest absolute Gasteiger partial charge is 0.345 e. The third-order valence-electron chi connectivity index (χ3n) is 2.73. The van der Waals surface area contributed by atoms with E-state index < -0.39 is 0 Å². The molecule has 0 spiro atoms. The number of amides is 2. The number of aryl methyl sites for hydroxylation is 2. The van der Waals surface area contributed by atoms with Crippen LogP contribution in [0.4, 0.5) is 0 Å². The molecule has 2 rings (SSSR count). The van der Waals surface area contributed by atoms with E-state index in [1.807, 2.05) is 0 Å². The average molecular weight is 257 g/mol. The van der Waals surface area contributed by atoms with Crippen molar-refractivity contribution in [1.82, 2.24) is 20.0 Å². The van der Waals surface area contributed by atoms with Crippen LogP contribution in [0.3, 0.4) is 0 Å². The summed E-state index contributed by atoms with van der Waals surface area (Å²) >= 11 is 6.10. The Morgan fingerprint density at radius 2 is 2.18 bits per heavy atom. The Morgan fingerprint density at radius 3 is 2.76 bits per heavy atom. The number of hydrogen-bond donors (Lipinski definition) is 1. The minimum absolute atomic E-state index is 0.0489. The number of nitrogens with zero attached hydrogens (tertiary/aromatic N) is 3. The van der Waals surface area contributed by atoms with Crippen LogP contribution in [-0.2, 0) is 23.2 Å². The lowest BCUT2D eigenvalue weighted by atomic mass is 10.3. The third kappa shape index (κ3) is 2.26. The van der Waals surface area contributed by atoms with Gasteiger partial charge in [-0.15, -0.1) is 0 Å². The lowest BCUT2D eigenvalue weighted by molar-refractivity contribution is -0.141. The second-order valence-electron chi connectivity index (χ2n) is 4.00. The van der Waals surface area contributed by atoms with Gasteiger partial charge in [-0.25, -0.2) is 0 Å². The zero-order valence-electron chi connectivity index (χ0n) is 9.66. The van der Waals surface area contributed by atoms with Crippen LogP contribution in [0.2, 0.25) is 5.02 Å². The zero-order chi connectivity index (χ0) is 12.6. The summed E-state index contributed by atoms with van der Waals surface area (Å²) in [7, 11) is 1.77. The molecule has 2 amide bonds. The number of hydrogen-bond acceptors (Lipinski definition) is 3. The topological polar surface area (TPSA) is 67.2 Å². The van der Waals surface area contributed by atoms with Crippen molar-refractivity contribution in [2.75, 3.05) is 13.1 Å². The maximum Gasteiger partial charge on any atom is 0.242 e. The van der Waals surface area contributed by atoms with Crippen molar-refractivity contribution in [3.63, 3.8) is 0 Å². The van der Waals surface area contributed by atoms with E-state index in [2.05, 4.69) is 10.4 Å². The van der Waals surface area contributed by atoms with Crippen molar-refractivity contribution in [1.29, 1.82) is 0 Å². The van der Waals surface area contributed by atoms with Gasteiger partial charge in [-0.05, 0) is 6.92 Å². The molecule has 1 N–H and O–H groups in total. The normalized spacial score (nSPS) is 16.3. The first-order chi connectivity index (χ1) is 7.99. The fourth-order valence-corrected chi connectivity index (χ4v) is 2.00. The molecule has 1 aliphatic heterocycles. The molecule has 1 aliphatic rings. The highest BCUT2D eigenvalue weighted by molar-refractivity contribution is 6.31. The Labute approximate surface area is 104 Å². The molecule has 92 valence electrons. The second-order valence-corrected chi connectivity index (χ2v) is 4.37. The monoisotopic (exact) mass is 256 g/mol. The molecule has 0 bridgehead atoms. The van der Waals surface area contributed by atoms with Crippen LogP contribution in [-0.4, -0.2) is 39.6 Å². The maximum absolute atomic E-state index is 11.6. The predicted octanol–water partition coefficient (Wildman–Crippen LogP) is -0.160. The molecule has 1 saturated heterocycles. The lowest BCUT2D eigenvalue weighted by Gasteiger charge is -2.26. The van der Waals surface area contributed by atoms with Crippen LogP contribution in [0.1, 0.15) is 11.4 Å². The van der Waals surface area contributed by atoms with Crippen molar-refractivity contribution < 1.29 is 9.59 Å². The lowest BCUT2D eigenvalue weighted by Crippen LogP contribution is -2.51. The van der Waals surface area contributed by atoms with E-state index in [1.165, 1.54) is 4.90 Å². The molecule has 0 radical (unpaired) electrons. The van der Waals surface area contributed by atoms with Crippen molar-refractivity contribution in [2.24, 2.45) is 7.05 Å². The predicted molar refractivity (Wildman–Crippen MR) is 61.4 cm³/mol. The molecule has 1 aromatic rings. The van der Waals surface area contributed by atoms with Crippen LogP contribution >= 0.6 is 11.6 Å². The highest BCUT2D eigenvalue weighted by atomic mass is 35.5. The third-order valence-corrected chi connectivity index (χ3v) is 3.22. The van der Waals surface area contributed by atoms with Crippen molar-refractivity contribution in [3.05, 3.63) is 16.4 Å². The van der Waals surface area contributed by atoms with Gasteiger partial charge in [0.1, 0.15) is 0 Å². The number of carbonyl (C=O) groups excluding carboxylic acids is 2. The summed E-state index contributed by atoms with van der Waals surface area (Å²) in [5.41, 5.74) is 1.46. The first-order valence-electron chi connectivity index (χ1n) is 5.21. The van der Waals surface area contributed by atoms with Gasteiger partial charge in [0.05, 0.1) is 36.0 Å². The minimum Gasteiger partial charge on any atom is -0.345 e. The van der Waals surface area contributed by atoms with E-state index in [1.54, 1.807) is 18.7 Å². The van der Waals surface area contributed by atoms with E-state index >= 15 is 0 Å². The molecule has 6 nitrogen and oxygen atoms in total. The molecule has 1 fully saturated rings. The number of aromatic nitrogens is 2. The molecule has 0 saturated carbocycles. The molecule has 0 aliphatic carbocycles. The molecular formula is C10H13ClN4O2. The van der Waals surface area contributed by atoms with Gasteiger partial charge < -0.3 is 10.2 Å². The molecule has 2 heterocycles. The van der Waals surface area contributed by atoms with Crippen LogP contribution in [0.5, 0.6) is 0 Å². The molecular weight excluding hydrogens is 244 g/mol. The fraction of sp³-hybridized carbons (Fsp3) is 0.500. The standard InChI is InChI=1S/C10H13ClN4O2/c1-6-10(11)7(14(2)13-6)4-15-5-8(16)12-3-9(15)17/h3-5H2,1-2H3,(H,12,16). The van der Waals surface area contributed by atoms with E-state index in [0.717, 1.165) is 11.4 Å². The number of nitrogens with one attached hydrogen (secondary N) is 1. The number of rotatable bonds is 2. The first-order valence-corrected chi connectivity index (χ1v) is 5.59. The van der Waals surface area contributed by atoms with Gasteiger partial charge in [-0.2, -0.15) is 5.10 Å². The van der Waals surface area contributed by atoms with Crippen molar-refractivity contribution in [2.45, 2.75) is 13.5 Å². The SMILES string of the molecule is Cc1nn(C)c(CN2CC(=O)NCC2=O)c1Cl. The summed E-state index contributed by atoms with van der Waals surface area (Å²) in [5, 5.41) is 7.21. The first kappa shape index (κ1) is 11.9. The molecule has 0 unspecified atom stereocenters. The molecule has 0 aromatic carbocycles. The van der Waals surface area contributed by atoms with Gasteiger partial charge in [0.2, 0.25) is 11.8 Å². The quantitative estimate of drug-likeness (QED) is 0.800. The Hall–Kier alpha value is -1.56. The van der Waals surface area contributed by atoms with E-state index in [0.29, 0.717) is 11.6 Å². The minimum atomic E-state index is -0.153. The average Bonchev–Trinajstić information content (AvgIpc) is 2.50. The number of carbonyl (C=O) groups is 2. The highest BCUT2D eigenvalue weighted by Crippen LogP contribution is 2.21. The maximum atomic E-state index is 11.6. The van der Waals surface area contributed by atoms with Gasteiger partial charge in [-0.3, -0.25) is 14.3 Å². The molecule has 1 aromatic heterocycles. The van der Waals surface area contributed by atoms with E-state index in [4.69, 9.17) is 11.6 Å². The summed E-state index contributed by atoms with van der Waals surface area (Å²) in [6.45, 7) is 2.23. The van der Waals surface area contributed by atoms with Gasteiger partial charge in [0.25, 0.3) is 0 Å². The van der Waals surface area contributed by atoms with Gasteiger partial charge >= 0.3 is 0 Å². The van der Waals surface area contributed by atoms with Gasteiger partial charge in [0, 0.05) is 7.05 Å². The summed E-state index contributed by atoms with van der Waals surface area (Å²) in [6.07, 6.45) is 0. The highest BCUT2D eigenvalue weighted by Gasteiger charge is 2.25. The summed E-state index contributed by atoms with van der Waals surface area (Å²) in [5.74, 6) is -0.265. The molecule has 7 heteroatoms. The molecule has 0 atom stereocenters. The van der Waals surface area contributed by atoms with Gasteiger partial charge in [0.15, 0.2) is 0 Å². The summed E-state index contributed by atoms with van der Waals surface area (Å²) in [6, 6.07) is 0. The van der Waals surface area contributed by atoms with E-state index in [9.17, 15) is 9.59 Å². The Balaban J connectivity index is 2.19. The van der Waals surface area contributed by atoms with Crippen LogP contribution in [0, 0.1) is 6.92 Å². The molecule has 17 heavy (non-hydrogen) atoms. The number of halogens is 1. The number of piperazine rings is 1. The van der Waals surface area contributed by atoms with E-state index in [-0.39, 0.29) is 24.9 Å². The summed E-state index contributed by atoms with van der Waals surface area (Å²) in [4.78, 5) is 24.3. The Morgan fingerprint density at radius 1 is 1.47 bits per heavy atom.